The van der Waals surface area contributed by atoms with Crippen LogP contribution in [-0.4, -0.2) is 24.2 Å². The molecule has 0 aliphatic heterocycles. The van der Waals surface area contributed by atoms with Gasteiger partial charge in [-0.05, 0) is 23.8 Å². The van der Waals surface area contributed by atoms with Crippen LogP contribution in [0.25, 0.3) is 10.8 Å². The predicted molar refractivity (Wildman–Crippen MR) is 87.9 cm³/mol. The molecule has 0 unspecified atom stereocenters. The second kappa shape index (κ2) is 7.11. The zero-order valence-electron chi connectivity index (χ0n) is 12.7. The summed E-state index contributed by atoms with van der Waals surface area (Å²) in [6.45, 7) is 5.83. The van der Waals surface area contributed by atoms with Crippen LogP contribution < -0.4 is 4.90 Å². The van der Waals surface area contributed by atoms with Crippen molar-refractivity contribution in [3.63, 3.8) is 0 Å². The van der Waals surface area contributed by atoms with Crippen molar-refractivity contribution in [2.24, 2.45) is 5.92 Å². The molecule has 0 heterocycles. The highest BCUT2D eigenvalue weighted by molar-refractivity contribution is 5.94. The van der Waals surface area contributed by atoms with Crippen molar-refractivity contribution >= 4 is 22.4 Å². The van der Waals surface area contributed by atoms with Crippen LogP contribution in [-0.2, 0) is 4.79 Å². The highest BCUT2D eigenvalue weighted by Gasteiger charge is 2.12. The normalized spacial score (nSPS) is 11.0. The first kappa shape index (κ1) is 15.4. The molecule has 3 nitrogen and oxygen atoms in total. The minimum Gasteiger partial charge on any atom is -0.481 e. The van der Waals surface area contributed by atoms with E-state index >= 15 is 0 Å². The van der Waals surface area contributed by atoms with Gasteiger partial charge in [-0.3, -0.25) is 4.79 Å². The van der Waals surface area contributed by atoms with E-state index in [1.54, 1.807) is 0 Å². The lowest BCUT2D eigenvalue weighted by molar-refractivity contribution is -0.136. The van der Waals surface area contributed by atoms with E-state index in [2.05, 4.69) is 43.0 Å². The van der Waals surface area contributed by atoms with Crippen LogP contribution in [0.5, 0.6) is 0 Å². The van der Waals surface area contributed by atoms with Gasteiger partial charge in [-0.25, -0.2) is 0 Å². The van der Waals surface area contributed by atoms with Crippen molar-refractivity contribution in [1.29, 1.82) is 0 Å². The number of aliphatic carboxylic acids is 1. The molecule has 0 fully saturated rings. The van der Waals surface area contributed by atoms with E-state index in [0.717, 1.165) is 18.7 Å². The summed E-state index contributed by atoms with van der Waals surface area (Å²) >= 11 is 0. The Hall–Kier alpha value is -2.03. The number of fused-ring (bicyclic) bond motifs is 1. The quantitative estimate of drug-likeness (QED) is 0.830. The van der Waals surface area contributed by atoms with Crippen LogP contribution >= 0.6 is 0 Å². The van der Waals surface area contributed by atoms with Crippen molar-refractivity contribution in [1.82, 2.24) is 0 Å². The lowest BCUT2D eigenvalue weighted by atomic mass is 10.1. The van der Waals surface area contributed by atoms with Gasteiger partial charge in [-0.1, -0.05) is 50.2 Å². The zero-order chi connectivity index (χ0) is 15.2. The number of hydrogen-bond acceptors (Lipinski definition) is 2. The van der Waals surface area contributed by atoms with Gasteiger partial charge in [0.15, 0.2) is 0 Å². The van der Waals surface area contributed by atoms with Gasteiger partial charge in [0.2, 0.25) is 0 Å². The first-order valence-corrected chi connectivity index (χ1v) is 7.52. The number of rotatable bonds is 7. The molecule has 21 heavy (non-hydrogen) atoms. The van der Waals surface area contributed by atoms with Crippen molar-refractivity contribution in [2.45, 2.75) is 26.7 Å². The Balaban J connectivity index is 2.30. The van der Waals surface area contributed by atoms with Crippen LogP contribution in [0, 0.1) is 5.92 Å². The minimum absolute atomic E-state index is 0.168. The minimum atomic E-state index is -0.746. The third-order valence-electron chi connectivity index (χ3n) is 3.68. The maximum absolute atomic E-state index is 10.9. The smallest absolute Gasteiger partial charge is 0.305 e. The molecular weight excluding hydrogens is 262 g/mol. The van der Waals surface area contributed by atoms with Crippen LogP contribution in [0.4, 0.5) is 5.69 Å². The van der Waals surface area contributed by atoms with E-state index in [0.29, 0.717) is 12.5 Å². The lowest BCUT2D eigenvalue weighted by Crippen LogP contribution is -2.28. The SMILES string of the molecule is CC(C)CCN(CCC(=O)O)c1cccc2ccccc12. The number of nitrogens with zero attached hydrogens (tertiary/aromatic N) is 1. The monoisotopic (exact) mass is 285 g/mol. The summed E-state index contributed by atoms with van der Waals surface area (Å²) in [5, 5.41) is 11.4. The molecule has 0 amide bonds. The molecule has 0 atom stereocenters. The fourth-order valence-electron chi connectivity index (χ4n) is 2.48. The first-order valence-electron chi connectivity index (χ1n) is 7.52. The molecule has 1 N–H and O–H groups in total. The predicted octanol–water partition coefficient (Wildman–Crippen LogP) is 4.17. The molecular formula is C18H23NO2. The van der Waals surface area contributed by atoms with Crippen LogP contribution in [0.1, 0.15) is 26.7 Å². The molecule has 0 aliphatic rings. The summed E-state index contributed by atoms with van der Waals surface area (Å²) < 4.78 is 0. The molecule has 0 radical (unpaired) electrons. The molecule has 0 aromatic heterocycles. The highest BCUT2D eigenvalue weighted by Crippen LogP contribution is 2.27. The number of anilines is 1. The van der Waals surface area contributed by atoms with Gasteiger partial charge in [-0.2, -0.15) is 0 Å². The molecule has 112 valence electrons. The maximum Gasteiger partial charge on any atom is 0.305 e. The Labute approximate surface area is 126 Å². The Morgan fingerprint density at radius 1 is 1.10 bits per heavy atom. The van der Waals surface area contributed by atoms with Gasteiger partial charge >= 0.3 is 5.97 Å². The van der Waals surface area contributed by atoms with Crippen molar-refractivity contribution in [3.8, 4) is 0 Å². The number of carboxylic acids is 1. The standard InChI is InChI=1S/C18H23NO2/c1-14(2)10-12-19(13-11-18(20)21)17-9-5-7-15-6-3-4-8-16(15)17/h3-9,14H,10-13H2,1-2H3,(H,20,21). The van der Waals surface area contributed by atoms with Gasteiger partial charge in [-0.15, -0.1) is 0 Å². The first-order chi connectivity index (χ1) is 10.1. The van der Waals surface area contributed by atoms with Crippen LogP contribution in [0.15, 0.2) is 42.5 Å². The van der Waals surface area contributed by atoms with Crippen LogP contribution in [0.2, 0.25) is 0 Å². The Morgan fingerprint density at radius 2 is 1.81 bits per heavy atom. The van der Waals surface area contributed by atoms with E-state index in [1.165, 1.54) is 10.8 Å². The average Bonchev–Trinajstić information content (AvgIpc) is 2.46. The van der Waals surface area contributed by atoms with E-state index in [1.807, 2.05) is 18.2 Å². The third kappa shape index (κ3) is 4.22. The summed E-state index contributed by atoms with van der Waals surface area (Å²) in [5.74, 6) is -0.142. The van der Waals surface area contributed by atoms with E-state index in [-0.39, 0.29) is 6.42 Å². The number of carbonyl (C=O) groups is 1. The van der Waals surface area contributed by atoms with Gasteiger partial charge in [0.1, 0.15) is 0 Å². The molecule has 0 spiro atoms. The van der Waals surface area contributed by atoms with E-state index < -0.39 is 5.97 Å². The van der Waals surface area contributed by atoms with Gasteiger partial charge in [0.25, 0.3) is 0 Å². The maximum atomic E-state index is 10.9. The largest absolute Gasteiger partial charge is 0.481 e. The second-order valence-corrected chi connectivity index (χ2v) is 5.81. The van der Waals surface area contributed by atoms with Crippen molar-refractivity contribution in [2.75, 3.05) is 18.0 Å². The van der Waals surface area contributed by atoms with Crippen molar-refractivity contribution in [3.05, 3.63) is 42.5 Å². The molecule has 2 aromatic carbocycles. The van der Waals surface area contributed by atoms with Gasteiger partial charge < -0.3 is 10.0 Å². The topological polar surface area (TPSA) is 40.5 Å². The molecule has 0 saturated heterocycles. The Morgan fingerprint density at radius 3 is 2.52 bits per heavy atom. The number of hydrogen-bond donors (Lipinski definition) is 1. The van der Waals surface area contributed by atoms with Crippen molar-refractivity contribution < 1.29 is 9.90 Å². The highest BCUT2D eigenvalue weighted by atomic mass is 16.4. The van der Waals surface area contributed by atoms with Gasteiger partial charge in [0, 0.05) is 24.2 Å². The third-order valence-corrected chi connectivity index (χ3v) is 3.68. The molecule has 2 aromatic rings. The van der Waals surface area contributed by atoms with Crippen LogP contribution in [0.3, 0.4) is 0 Å². The molecule has 0 aliphatic carbocycles. The number of benzene rings is 2. The van der Waals surface area contributed by atoms with Gasteiger partial charge in [0.05, 0.1) is 6.42 Å². The summed E-state index contributed by atoms with van der Waals surface area (Å²) in [6.07, 6.45) is 1.23. The molecule has 2 rings (SSSR count). The summed E-state index contributed by atoms with van der Waals surface area (Å²) in [4.78, 5) is 13.1. The zero-order valence-corrected chi connectivity index (χ0v) is 12.7. The fraction of sp³-hybridized carbons (Fsp3) is 0.389. The Bertz CT molecular complexity index is 602. The van der Waals surface area contributed by atoms with E-state index in [9.17, 15) is 4.79 Å². The lowest BCUT2D eigenvalue weighted by Gasteiger charge is -2.26. The summed E-state index contributed by atoms with van der Waals surface area (Å²) in [7, 11) is 0. The van der Waals surface area contributed by atoms with E-state index in [4.69, 9.17) is 5.11 Å². The summed E-state index contributed by atoms with van der Waals surface area (Å²) in [6, 6.07) is 14.5. The molecule has 3 heteroatoms. The average molecular weight is 285 g/mol. The second-order valence-electron chi connectivity index (χ2n) is 5.81. The Kier molecular flexibility index (Phi) is 5.20. The molecule has 0 bridgehead atoms. The molecule has 0 saturated carbocycles. The summed E-state index contributed by atoms with van der Waals surface area (Å²) in [5.41, 5.74) is 1.13. The fourth-order valence-corrected chi connectivity index (χ4v) is 2.48. The number of carboxylic acid groups (broad SMARTS) is 1.